The number of pyridine rings is 1. The highest BCUT2D eigenvalue weighted by atomic mass is 19.1. The van der Waals surface area contributed by atoms with Crippen LogP contribution in [0.4, 0.5) is 10.1 Å². The van der Waals surface area contributed by atoms with Crippen LogP contribution < -0.4 is 10.1 Å². The summed E-state index contributed by atoms with van der Waals surface area (Å²) in [4.78, 5) is 17.4. The average molecular weight is 457 g/mol. The summed E-state index contributed by atoms with van der Waals surface area (Å²) >= 11 is 0. The van der Waals surface area contributed by atoms with Gasteiger partial charge in [0.15, 0.2) is 5.82 Å². The first kappa shape index (κ1) is 21.3. The zero-order chi connectivity index (χ0) is 23.7. The molecule has 0 aliphatic rings. The molecule has 0 atom stereocenters. The van der Waals surface area contributed by atoms with Gasteiger partial charge in [-0.05, 0) is 72.3 Å². The van der Waals surface area contributed by atoms with Crippen LogP contribution in [0.15, 0.2) is 67.0 Å². The Morgan fingerprint density at radius 1 is 1.09 bits per heavy atom. The van der Waals surface area contributed by atoms with Crippen molar-refractivity contribution in [2.75, 3.05) is 5.32 Å². The molecule has 3 heterocycles. The van der Waals surface area contributed by atoms with Gasteiger partial charge in [-0.2, -0.15) is 4.68 Å². The summed E-state index contributed by atoms with van der Waals surface area (Å²) in [6.45, 7) is 3.94. The molecule has 0 radical (unpaired) electrons. The van der Waals surface area contributed by atoms with Gasteiger partial charge in [0.05, 0.1) is 5.69 Å². The van der Waals surface area contributed by atoms with E-state index in [9.17, 15) is 9.18 Å². The summed E-state index contributed by atoms with van der Waals surface area (Å²) in [6.07, 6.45) is 3.91. The number of rotatable bonds is 6. The molecular formula is C24H20FN7O2. The maximum atomic E-state index is 14.3. The fourth-order valence-corrected chi connectivity index (χ4v) is 3.52. The molecule has 0 aliphatic heterocycles. The van der Waals surface area contributed by atoms with E-state index in [0.29, 0.717) is 22.8 Å². The fourth-order valence-electron chi connectivity index (χ4n) is 3.52. The van der Waals surface area contributed by atoms with E-state index in [1.807, 2.05) is 35.9 Å². The van der Waals surface area contributed by atoms with Gasteiger partial charge in [-0.1, -0.05) is 12.1 Å². The number of ether oxygens (including phenoxy) is 1. The number of hydrogen-bond donors (Lipinski definition) is 1. The maximum Gasteiger partial charge on any atom is 0.255 e. The Kier molecular flexibility index (Phi) is 5.46. The minimum atomic E-state index is -0.508. The van der Waals surface area contributed by atoms with Crippen LogP contribution in [0, 0.1) is 19.7 Å². The summed E-state index contributed by atoms with van der Waals surface area (Å²) in [5.41, 5.74) is 3.69. The largest absolute Gasteiger partial charge is 0.487 e. The quantitative estimate of drug-likeness (QED) is 0.415. The predicted octanol–water partition coefficient (Wildman–Crippen LogP) is 3.90. The number of nitrogens with zero attached hydrogens (tertiary/aromatic N) is 6. The van der Waals surface area contributed by atoms with E-state index in [-0.39, 0.29) is 18.2 Å². The zero-order valence-corrected chi connectivity index (χ0v) is 18.4. The zero-order valence-electron chi connectivity index (χ0n) is 18.4. The highest BCUT2D eigenvalue weighted by Gasteiger charge is 2.13. The van der Waals surface area contributed by atoms with E-state index in [4.69, 9.17) is 4.74 Å². The lowest BCUT2D eigenvalue weighted by Gasteiger charge is -2.10. The number of halogens is 1. The molecule has 3 aromatic heterocycles. The third-order valence-electron chi connectivity index (χ3n) is 5.19. The van der Waals surface area contributed by atoms with E-state index in [2.05, 4.69) is 25.8 Å². The first-order valence-corrected chi connectivity index (χ1v) is 10.5. The molecule has 5 aromatic rings. The molecule has 170 valence electrons. The van der Waals surface area contributed by atoms with Gasteiger partial charge >= 0.3 is 0 Å². The minimum absolute atomic E-state index is 0.139. The number of carbonyl (C=O) groups excluding carboxylic acids is 1. The number of fused-ring (bicyclic) bond motifs is 1. The molecule has 0 saturated carbocycles. The normalized spacial score (nSPS) is 11.0. The number of anilines is 1. The van der Waals surface area contributed by atoms with Crippen molar-refractivity contribution in [1.82, 2.24) is 29.6 Å². The molecule has 0 unspecified atom stereocenters. The van der Waals surface area contributed by atoms with Gasteiger partial charge in [0.2, 0.25) is 0 Å². The van der Waals surface area contributed by atoms with Gasteiger partial charge < -0.3 is 14.5 Å². The van der Waals surface area contributed by atoms with Crippen LogP contribution in [0.3, 0.4) is 0 Å². The van der Waals surface area contributed by atoms with Gasteiger partial charge in [-0.15, -0.1) is 5.10 Å². The van der Waals surface area contributed by atoms with E-state index in [1.165, 1.54) is 22.9 Å². The molecule has 0 bridgehead atoms. The molecule has 0 aliphatic carbocycles. The molecule has 2 aromatic carbocycles. The van der Waals surface area contributed by atoms with E-state index < -0.39 is 5.82 Å². The molecule has 5 rings (SSSR count). The molecular weight excluding hydrogens is 437 g/mol. The van der Waals surface area contributed by atoms with E-state index >= 15 is 0 Å². The van der Waals surface area contributed by atoms with Crippen LogP contribution in [-0.2, 0) is 6.61 Å². The highest BCUT2D eigenvalue weighted by molar-refractivity contribution is 6.04. The predicted molar refractivity (Wildman–Crippen MR) is 123 cm³/mol. The first-order chi connectivity index (χ1) is 16.5. The Balaban J connectivity index is 1.29. The molecule has 0 fully saturated rings. The van der Waals surface area contributed by atoms with Gasteiger partial charge in [0.25, 0.3) is 5.91 Å². The number of carbonyl (C=O) groups is 1. The summed E-state index contributed by atoms with van der Waals surface area (Å²) in [6, 6.07) is 15.0. The lowest BCUT2D eigenvalue weighted by Crippen LogP contribution is -2.13. The first-order valence-electron chi connectivity index (χ1n) is 10.5. The van der Waals surface area contributed by atoms with Gasteiger partial charge in [0, 0.05) is 23.6 Å². The van der Waals surface area contributed by atoms with Gasteiger partial charge in [-0.3, -0.25) is 4.79 Å². The molecule has 1 amide bonds. The molecule has 0 spiro atoms. The number of amides is 1. The number of aromatic nitrogens is 6. The van der Waals surface area contributed by atoms with Crippen LogP contribution >= 0.6 is 0 Å². The number of imidazole rings is 1. The topological polar surface area (TPSA) is 99.2 Å². The lowest BCUT2D eigenvalue weighted by atomic mass is 10.2. The Morgan fingerprint density at radius 2 is 1.97 bits per heavy atom. The summed E-state index contributed by atoms with van der Waals surface area (Å²) < 4.78 is 23.4. The Bertz CT molecular complexity index is 1510. The lowest BCUT2D eigenvalue weighted by molar-refractivity contribution is 0.102. The van der Waals surface area contributed by atoms with Crippen molar-refractivity contribution in [3.8, 4) is 11.4 Å². The molecule has 0 saturated heterocycles. The average Bonchev–Trinajstić information content (AvgIpc) is 3.44. The molecule has 34 heavy (non-hydrogen) atoms. The van der Waals surface area contributed by atoms with Crippen LogP contribution in [-0.4, -0.2) is 35.5 Å². The summed E-state index contributed by atoms with van der Waals surface area (Å²) in [7, 11) is 0. The minimum Gasteiger partial charge on any atom is -0.487 e. The monoisotopic (exact) mass is 457 g/mol. The van der Waals surface area contributed by atoms with Crippen molar-refractivity contribution in [3.63, 3.8) is 0 Å². The van der Waals surface area contributed by atoms with Crippen molar-refractivity contribution in [2.24, 2.45) is 0 Å². The second-order valence-electron chi connectivity index (χ2n) is 7.78. The number of hydrogen-bond acceptors (Lipinski definition) is 6. The number of nitrogens with one attached hydrogen (secondary N) is 1. The maximum absolute atomic E-state index is 14.3. The third-order valence-corrected chi connectivity index (χ3v) is 5.19. The van der Waals surface area contributed by atoms with Crippen molar-refractivity contribution in [2.45, 2.75) is 20.5 Å². The third kappa shape index (κ3) is 4.33. The molecule has 9 nitrogen and oxygen atoms in total. The smallest absolute Gasteiger partial charge is 0.255 e. The number of tetrazole rings is 1. The molecule has 1 N–H and O–H groups in total. The number of aryl methyl sites for hydroxylation is 2. The van der Waals surface area contributed by atoms with Crippen LogP contribution in [0.25, 0.3) is 11.3 Å². The second kappa shape index (κ2) is 8.74. The van der Waals surface area contributed by atoms with Crippen molar-refractivity contribution >= 4 is 17.2 Å². The van der Waals surface area contributed by atoms with Crippen molar-refractivity contribution < 1.29 is 13.9 Å². The highest BCUT2D eigenvalue weighted by Crippen LogP contribution is 2.21. The van der Waals surface area contributed by atoms with Gasteiger partial charge in [0.1, 0.15) is 29.5 Å². The van der Waals surface area contributed by atoms with E-state index in [0.717, 1.165) is 16.9 Å². The van der Waals surface area contributed by atoms with Crippen LogP contribution in [0.2, 0.25) is 0 Å². The van der Waals surface area contributed by atoms with Crippen LogP contribution in [0.1, 0.15) is 27.4 Å². The Morgan fingerprint density at radius 3 is 2.79 bits per heavy atom. The second-order valence-corrected chi connectivity index (χ2v) is 7.78. The van der Waals surface area contributed by atoms with Crippen LogP contribution in [0.5, 0.6) is 5.75 Å². The molecule has 10 heteroatoms. The summed E-state index contributed by atoms with van der Waals surface area (Å²) in [5, 5.41) is 13.8. The van der Waals surface area contributed by atoms with Gasteiger partial charge in [-0.25, -0.2) is 9.37 Å². The van der Waals surface area contributed by atoms with Crippen molar-refractivity contribution in [1.29, 1.82) is 0 Å². The van der Waals surface area contributed by atoms with Crippen molar-refractivity contribution in [3.05, 3.63) is 95.5 Å². The Labute approximate surface area is 193 Å². The fraction of sp³-hybridized carbons (Fsp3) is 0.125. The summed E-state index contributed by atoms with van der Waals surface area (Å²) in [5.74, 6) is 0.0866. The standard InChI is InChI=1S/C24H20FN7O2/c1-15-6-9-23-26-19(13-31(23)12-15)14-34-20-5-3-4-17(10-20)24(33)27-18-7-8-21(25)22(11-18)32-16(2)28-29-30-32/h3-13H,14H2,1-2H3,(H,27,33). The number of benzene rings is 2. The van der Waals surface area contributed by atoms with E-state index in [1.54, 1.807) is 31.2 Å². The Hall–Kier alpha value is -4.60. The SMILES string of the molecule is Cc1ccc2nc(COc3cccc(C(=O)Nc4ccc(F)c(-n5nnnc5C)c4)c3)cn2c1.